The van der Waals surface area contributed by atoms with Gasteiger partial charge in [0, 0.05) is 16.5 Å². The molecule has 3 aromatic carbocycles. The monoisotopic (exact) mass is 667 g/mol. The van der Waals surface area contributed by atoms with Gasteiger partial charge in [-0.3, -0.25) is 23.7 Å². The van der Waals surface area contributed by atoms with Crippen LogP contribution in [0.15, 0.2) is 88.7 Å². The minimum absolute atomic E-state index is 0.194. The number of carbonyl (C=O) groups is 4. The molecule has 1 fully saturated rings. The van der Waals surface area contributed by atoms with Crippen molar-refractivity contribution in [1.82, 2.24) is 4.57 Å². The number of esters is 1. The highest BCUT2D eigenvalue weighted by Crippen LogP contribution is 2.54. The highest BCUT2D eigenvalue weighted by atomic mass is 32.2. The Morgan fingerprint density at radius 2 is 1.65 bits per heavy atom. The molecule has 0 bridgehead atoms. The van der Waals surface area contributed by atoms with Crippen LogP contribution in [0.1, 0.15) is 39.2 Å². The van der Waals surface area contributed by atoms with E-state index in [1.165, 1.54) is 34.9 Å². The number of alkyl halides is 3. The zero-order valence-corrected chi connectivity index (χ0v) is 25.6. The van der Waals surface area contributed by atoms with E-state index in [1.54, 1.807) is 37.3 Å². The van der Waals surface area contributed by atoms with Crippen molar-refractivity contribution in [2.24, 2.45) is 5.92 Å². The van der Waals surface area contributed by atoms with Crippen molar-refractivity contribution in [1.29, 1.82) is 0 Å². The van der Waals surface area contributed by atoms with Gasteiger partial charge in [0.05, 0.1) is 34.4 Å². The van der Waals surface area contributed by atoms with E-state index in [0.717, 1.165) is 46.2 Å². The predicted molar refractivity (Wildman–Crippen MR) is 165 cm³/mol. The van der Waals surface area contributed by atoms with Crippen LogP contribution in [0.2, 0.25) is 0 Å². The summed E-state index contributed by atoms with van der Waals surface area (Å²) in [6.07, 6.45) is -4.68. The number of rotatable bonds is 7. The first-order valence-electron chi connectivity index (χ1n) is 14.0. The Labute approximate surface area is 268 Å². The summed E-state index contributed by atoms with van der Waals surface area (Å²) in [4.78, 5) is 66.9. The second-order valence-electron chi connectivity index (χ2n) is 10.5. The standard InChI is InChI=1S/C32H24F3N3O6S2/c1-2-44-30(42)18-11-13-20(14-12-18)36-22(39)16-37-29-26(46-31(37)43)23(17-7-4-3-5-8-17)24-25(45-29)28(41)38(27(24)40)21-10-6-9-19(15-21)32(33,34)35/h3-15,23-25H,2,16H2,1H3,(H,36,39)/t23-,24+,25-/m0/s1. The Morgan fingerprint density at radius 3 is 2.33 bits per heavy atom. The van der Waals surface area contributed by atoms with E-state index >= 15 is 0 Å². The van der Waals surface area contributed by atoms with Crippen molar-refractivity contribution in [3.05, 3.63) is 110 Å². The Hall–Kier alpha value is -4.69. The number of aromatic nitrogens is 1. The molecule has 4 aromatic rings. The normalized spacial score (nSPS) is 19.0. The van der Waals surface area contributed by atoms with Crippen LogP contribution in [-0.4, -0.2) is 40.1 Å². The molecule has 14 heteroatoms. The van der Waals surface area contributed by atoms with E-state index in [4.69, 9.17) is 4.74 Å². The van der Waals surface area contributed by atoms with Gasteiger partial charge in [0.25, 0.3) is 0 Å². The number of fused-ring (bicyclic) bond motifs is 2. The van der Waals surface area contributed by atoms with Gasteiger partial charge in [-0.15, -0.1) is 0 Å². The van der Waals surface area contributed by atoms with Crippen LogP contribution in [0.4, 0.5) is 24.5 Å². The number of ether oxygens (including phenoxy) is 1. The molecule has 0 unspecified atom stereocenters. The number of thiazole rings is 1. The van der Waals surface area contributed by atoms with Crippen LogP contribution in [0.3, 0.4) is 0 Å². The fraction of sp³-hybridized carbons (Fsp3) is 0.219. The molecule has 0 radical (unpaired) electrons. The van der Waals surface area contributed by atoms with Crippen LogP contribution in [0.25, 0.3) is 0 Å². The summed E-state index contributed by atoms with van der Waals surface area (Å²) in [7, 11) is 0. The zero-order valence-electron chi connectivity index (χ0n) is 23.9. The first kappa shape index (κ1) is 31.3. The van der Waals surface area contributed by atoms with Crippen molar-refractivity contribution in [2.45, 2.75) is 35.8 Å². The molecule has 3 amide bonds. The lowest BCUT2D eigenvalue weighted by molar-refractivity contribution is -0.137. The van der Waals surface area contributed by atoms with Crippen LogP contribution in [0, 0.1) is 5.92 Å². The number of anilines is 2. The molecule has 3 atom stereocenters. The van der Waals surface area contributed by atoms with Crippen molar-refractivity contribution in [3.8, 4) is 0 Å². The molecule has 0 saturated carbocycles. The summed E-state index contributed by atoms with van der Waals surface area (Å²) in [6.45, 7) is 1.49. The van der Waals surface area contributed by atoms with Gasteiger partial charge >= 0.3 is 17.0 Å². The first-order valence-corrected chi connectivity index (χ1v) is 15.7. The smallest absolute Gasteiger partial charge is 0.416 e. The molecule has 236 valence electrons. The lowest BCUT2D eigenvalue weighted by Gasteiger charge is -2.30. The minimum Gasteiger partial charge on any atom is -0.462 e. The summed E-state index contributed by atoms with van der Waals surface area (Å²) >= 11 is 1.82. The third kappa shape index (κ3) is 5.73. The third-order valence-corrected chi connectivity index (χ3v) is 10.2. The summed E-state index contributed by atoms with van der Waals surface area (Å²) in [6, 6.07) is 18.8. The maximum atomic E-state index is 13.9. The van der Waals surface area contributed by atoms with E-state index in [0.29, 0.717) is 26.7 Å². The SMILES string of the molecule is CCOC(=O)c1ccc(NC(=O)Cn2c3c(sc2=O)[C@@H](c2ccccc2)[C@H]2C(=O)N(c4cccc(C(F)(F)F)c4)C(=O)[C@H]2S3)cc1. The number of imide groups is 1. The summed E-state index contributed by atoms with van der Waals surface area (Å²) in [5, 5.41) is 1.97. The number of hydrogen-bond acceptors (Lipinski definition) is 8. The van der Waals surface area contributed by atoms with Crippen molar-refractivity contribution < 1.29 is 37.1 Å². The summed E-state index contributed by atoms with van der Waals surface area (Å²) in [5.41, 5.74) is 0.128. The molecule has 2 aliphatic rings. The number of nitrogens with zero attached hydrogens (tertiary/aromatic N) is 2. The molecule has 1 N–H and O–H groups in total. The van der Waals surface area contributed by atoms with Gasteiger partial charge in [0.1, 0.15) is 11.8 Å². The quantitative estimate of drug-likeness (QED) is 0.203. The number of halogens is 3. The van der Waals surface area contributed by atoms with Crippen molar-refractivity contribution >= 4 is 58.2 Å². The fourth-order valence-electron chi connectivity index (χ4n) is 5.60. The second kappa shape index (κ2) is 12.2. The van der Waals surface area contributed by atoms with Gasteiger partial charge in [0.2, 0.25) is 17.7 Å². The lowest BCUT2D eigenvalue weighted by Crippen LogP contribution is -2.33. The minimum atomic E-state index is -4.68. The first-order chi connectivity index (χ1) is 22.0. The van der Waals surface area contributed by atoms with Gasteiger partial charge in [-0.2, -0.15) is 13.2 Å². The molecule has 1 aromatic heterocycles. The molecule has 1 saturated heterocycles. The van der Waals surface area contributed by atoms with E-state index in [-0.39, 0.29) is 12.3 Å². The molecule has 6 rings (SSSR count). The number of amides is 3. The number of nitrogens with one attached hydrogen (secondary N) is 1. The van der Waals surface area contributed by atoms with E-state index in [1.807, 2.05) is 0 Å². The van der Waals surface area contributed by atoms with Gasteiger partial charge in [-0.25, -0.2) is 9.69 Å². The van der Waals surface area contributed by atoms with Gasteiger partial charge in [-0.05, 0) is 55.0 Å². The molecule has 46 heavy (non-hydrogen) atoms. The molecule has 3 heterocycles. The second-order valence-corrected chi connectivity index (χ2v) is 12.6. The maximum absolute atomic E-state index is 13.9. The largest absolute Gasteiger partial charge is 0.462 e. The van der Waals surface area contributed by atoms with E-state index in [2.05, 4.69) is 5.32 Å². The van der Waals surface area contributed by atoms with Crippen molar-refractivity contribution in [3.63, 3.8) is 0 Å². The molecular weight excluding hydrogens is 643 g/mol. The van der Waals surface area contributed by atoms with Crippen LogP contribution < -0.4 is 15.1 Å². The van der Waals surface area contributed by atoms with E-state index in [9.17, 15) is 37.1 Å². The van der Waals surface area contributed by atoms with Crippen molar-refractivity contribution in [2.75, 3.05) is 16.8 Å². The molecule has 0 spiro atoms. The Bertz CT molecular complexity index is 1910. The highest BCUT2D eigenvalue weighted by molar-refractivity contribution is 8.00. The number of benzene rings is 3. The number of thioether (sulfide) groups is 1. The number of carbonyl (C=O) groups excluding carboxylic acids is 4. The highest BCUT2D eigenvalue weighted by Gasteiger charge is 2.57. The lowest BCUT2D eigenvalue weighted by atomic mass is 9.83. The summed E-state index contributed by atoms with van der Waals surface area (Å²) < 4.78 is 46.7. The Balaban J connectivity index is 1.33. The third-order valence-electron chi connectivity index (χ3n) is 7.62. The summed E-state index contributed by atoms with van der Waals surface area (Å²) in [5.74, 6) is -4.19. The molecule has 0 aliphatic carbocycles. The average Bonchev–Trinajstić information content (AvgIpc) is 3.47. The molecule has 9 nitrogen and oxygen atoms in total. The predicted octanol–water partition coefficient (Wildman–Crippen LogP) is 5.54. The van der Waals surface area contributed by atoms with Gasteiger partial charge < -0.3 is 10.1 Å². The fourth-order valence-corrected chi connectivity index (χ4v) is 8.37. The topological polar surface area (TPSA) is 115 Å². The molecule has 2 aliphatic heterocycles. The van der Waals surface area contributed by atoms with Crippen LogP contribution >= 0.6 is 23.1 Å². The average molecular weight is 668 g/mol. The van der Waals surface area contributed by atoms with E-state index < -0.39 is 63.9 Å². The van der Waals surface area contributed by atoms with Gasteiger partial charge in [0.15, 0.2) is 0 Å². The maximum Gasteiger partial charge on any atom is 0.416 e. The number of hydrogen-bond donors (Lipinski definition) is 1. The van der Waals surface area contributed by atoms with Crippen LogP contribution in [-0.2, 0) is 31.8 Å². The Morgan fingerprint density at radius 1 is 0.935 bits per heavy atom. The van der Waals surface area contributed by atoms with Crippen LogP contribution in [0.5, 0.6) is 0 Å². The zero-order chi connectivity index (χ0) is 32.7. The molecular formula is C32H24F3N3O6S2. The Kier molecular flexibility index (Phi) is 8.33. The van der Waals surface area contributed by atoms with Gasteiger partial charge in [-0.1, -0.05) is 59.5 Å².